The molecular formula is C18H24N2O. The van der Waals surface area contributed by atoms with Crippen LogP contribution < -0.4 is 10.6 Å². The van der Waals surface area contributed by atoms with Gasteiger partial charge in [-0.1, -0.05) is 43.7 Å². The molecule has 1 aromatic carbocycles. The normalized spacial score (nSPS) is 26.2. The summed E-state index contributed by atoms with van der Waals surface area (Å²) in [7, 11) is 0. The van der Waals surface area contributed by atoms with E-state index in [-0.39, 0.29) is 11.9 Å². The van der Waals surface area contributed by atoms with Crippen molar-refractivity contribution in [2.75, 3.05) is 11.9 Å². The second-order valence-electron chi connectivity index (χ2n) is 6.71. The second kappa shape index (κ2) is 5.55. The number of aryl methyl sites for hydroxylation is 1. The molecule has 0 fully saturated rings. The van der Waals surface area contributed by atoms with Gasteiger partial charge in [-0.05, 0) is 30.9 Å². The topological polar surface area (TPSA) is 41.1 Å². The standard InChI is InChI=1S/C18H24N2O/c1-11(2)10-19-18(21)17-14-6-4-5-13(14)15-9-12(3)7-8-16(15)20-17/h4-5,7-9,11,13-14,17,20H,6,10H2,1-3H3,(H,19,21). The zero-order valence-corrected chi connectivity index (χ0v) is 13.0. The third-order valence-corrected chi connectivity index (χ3v) is 4.49. The van der Waals surface area contributed by atoms with Crippen molar-refractivity contribution in [1.29, 1.82) is 0 Å². The number of anilines is 1. The summed E-state index contributed by atoms with van der Waals surface area (Å²) in [4.78, 5) is 12.5. The Balaban J connectivity index is 1.85. The van der Waals surface area contributed by atoms with E-state index in [2.05, 4.69) is 61.8 Å². The molecule has 0 radical (unpaired) electrons. The summed E-state index contributed by atoms with van der Waals surface area (Å²) in [5.41, 5.74) is 3.72. The number of hydrogen-bond acceptors (Lipinski definition) is 2. The van der Waals surface area contributed by atoms with E-state index in [1.807, 2.05) is 0 Å². The minimum atomic E-state index is -0.126. The molecule has 3 nitrogen and oxygen atoms in total. The molecule has 3 unspecified atom stereocenters. The maximum absolute atomic E-state index is 12.5. The highest BCUT2D eigenvalue weighted by molar-refractivity contribution is 5.86. The average Bonchev–Trinajstić information content (AvgIpc) is 2.93. The van der Waals surface area contributed by atoms with Crippen molar-refractivity contribution < 1.29 is 4.79 Å². The van der Waals surface area contributed by atoms with Crippen molar-refractivity contribution in [3.63, 3.8) is 0 Å². The van der Waals surface area contributed by atoms with Gasteiger partial charge in [0.05, 0.1) is 0 Å². The van der Waals surface area contributed by atoms with E-state index in [0.29, 0.717) is 17.8 Å². The summed E-state index contributed by atoms with van der Waals surface area (Å²) >= 11 is 0. The Bertz CT molecular complexity index is 577. The number of carbonyl (C=O) groups excluding carboxylic acids is 1. The summed E-state index contributed by atoms with van der Waals surface area (Å²) in [5.74, 6) is 1.32. The Labute approximate surface area is 126 Å². The molecular weight excluding hydrogens is 260 g/mol. The molecule has 0 aromatic heterocycles. The Hall–Kier alpha value is -1.77. The molecule has 2 N–H and O–H groups in total. The number of carbonyl (C=O) groups is 1. The van der Waals surface area contributed by atoms with Crippen molar-refractivity contribution >= 4 is 11.6 Å². The number of amides is 1. The predicted octanol–water partition coefficient (Wildman–Crippen LogP) is 3.22. The molecule has 3 atom stereocenters. The van der Waals surface area contributed by atoms with Crippen LogP contribution in [0.4, 0.5) is 5.69 Å². The molecule has 1 aliphatic carbocycles. The first-order chi connectivity index (χ1) is 10.1. The molecule has 21 heavy (non-hydrogen) atoms. The number of allylic oxidation sites excluding steroid dienone is 2. The lowest BCUT2D eigenvalue weighted by Crippen LogP contribution is -2.48. The van der Waals surface area contributed by atoms with Crippen LogP contribution in [0.3, 0.4) is 0 Å². The number of hydrogen-bond donors (Lipinski definition) is 2. The van der Waals surface area contributed by atoms with Crippen molar-refractivity contribution in [3.8, 4) is 0 Å². The summed E-state index contributed by atoms with van der Waals surface area (Å²) in [6.45, 7) is 7.09. The molecule has 1 aliphatic heterocycles. The molecule has 0 spiro atoms. The average molecular weight is 284 g/mol. The summed E-state index contributed by atoms with van der Waals surface area (Å²) in [6.07, 6.45) is 5.47. The van der Waals surface area contributed by atoms with Crippen molar-refractivity contribution in [2.24, 2.45) is 11.8 Å². The van der Waals surface area contributed by atoms with Gasteiger partial charge >= 0.3 is 0 Å². The van der Waals surface area contributed by atoms with Crippen LogP contribution in [0.25, 0.3) is 0 Å². The largest absolute Gasteiger partial charge is 0.373 e. The minimum absolute atomic E-state index is 0.126. The van der Waals surface area contributed by atoms with Crippen LogP contribution in [0.5, 0.6) is 0 Å². The zero-order chi connectivity index (χ0) is 15.0. The zero-order valence-electron chi connectivity index (χ0n) is 13.0. The van der Waals surface area contributed by atoms with Crippen LogP contribution in [0, 0.1) is 18.8 Å². The van der Waals surface area contributed by atoms with E-state index in [0.717, 1.165) is 18.7 Å². The summed E-state index contributed by atoms with van der Waals surface area (Å²) < 4.78 is 0. The fourth-order valence-corrected chi connectivity index (χ4v) is 3.39. The van der Waals surface area contributed by atoms with Crippen LogP contribution in [-0.2, 0) is 4.79 Å². The third kappa shape index (κ3) is 2.69. The van der Waals surface area contributed by atoms with Crippen molar-refractivity contribution in [1.82, 2.24) is 5.32 Å². The molecule has 3 heteroatoms. The van der Waals surface area contributed by atoms with E-state index in [1.54, 1.807) is 0 Å². The lowest BCUT2D eigenvalue weighted by molar-refractivity contribution is -0.123. The first kappa shape index (κ1) is 14.2. The van der Waals surface area contributed by atoms with Gasteiger partial charge in [0.15, 0.2) is 0 Å². The number of fused-ring (bicyclic) bond motifs is 3. The summed E-state index contributed by atoms with van der Waals surface area (Å²) in [6, 6.07) is 6.33. The van der Waals surface area contributed by atoms with Gasteiger partial charge in [-0.3, -0.25) is 4.79 Å². The Morgan fingerprint density at radius 3 is 3.00 bits per heavy atom. The first-order valence-electron chi connectivity index (χ1n) is 7.87. The molecule has 0 saturated carbocycles. The predicted molar refractivity (Wildman–Crippen MR) is 86.4 cm³/mol. The van der Waals surface area contributed by atoms with E-state index in [1.165, 1.54) is 11.1 Å². The Kier molecular flexibility index (Phi) is 3.75. The third-order valence-electron chi connectivity index (χ3n) is 4.49. The van der Waals surface area contributed by atoms with Gasteiger partial charge in [0.2, 0.25) is 5.91 Å². The highest BCUT2D eigenvalue weighted by Gasteiger charge is 2.40. The molecule has 0 saturated heterocycles. The lowest BCUT2D eigenvalue weighted by atomic mass is 9.78. The van der Waals surface area contributed by atoms with E-state index in [9.17, 15) is 4.79 Å². The van der Waals surface area contributed by atoms with Crippen LogP contribution in [0.15, 0.2) is 30.4 Å². The van der Waals surface area contributed by atoms with Gasteiger partial charge in [0.1, 0.15) is 6.04 Å². The van der Waals surface area contributed by atoms with Crippen LogP contribution in [0.1, 0.15) is 37.3 Å². The SMILES string of the molecule is Cc1ccc2c(c1)C1C=CCC1C(C(=O)NCC(C)C)N2. The van der Waals surface area contributed by atoms with E-state index in [4.69, 9.17) is 0 Å². The summed E-state index contributed by atoms with van der Waals surface area (Å²) in [5, 5.41) is 6.54. The fraction of sp³-hybridized carbons (Fsp3) is 0.500. The maximum Gasteiger partial charge on any atom is 0.242 e. The van der Waals surface area contributed by atoms with E-state index < -0.39 is 0 Å². The van der Waals surface area contributed by atoms with Gasteiger partial charge in [-0.15, -0.1) is 0 Å². The molecule has 2 aliphatic rings. The van der Waals surface area contributed by atoms with Gasteiger partial charge < -0.3 is 10.6 Å². The Morgan fingerprint density at radius 2 is 2.24 bits per heavy atom. The second-order valence-corrected chi connectivity index (χ2v) is 6.71. The van der Waals surface area contributed by atoms with Crippen molar-refractivity contribution in [2.45, 2.75) is 39.2 Å². The van der Waals surface area contributed by atoms with E-state index >= 15 is 0 Å². The Morgan fingerprint density at radius 1 is 1.43 bits per heavy atom. The smallest absolute Gasteiger partial charge is 0.242 e. The number of rotatable bonds is 3. The monoisotopic (exact) mass is 284 g/mol. The molecule has 112 valence electrons. The van der Waals surface area contributed by atoms with Gasteiger partial charge in [-0.2, -0.15) is 0 Å². The van der Waals surface area contributed by atoms with Gasteiger partial charge in [-0.25, -0.2) is 0 Å². The van der Waals surface area contributed by atoms with Crippen LogP contribution in [-0.4, -0.2) is 18.5 Å². The molecule has 1 heterocycles. The van der Waals surface area contributed by atoms with Crippen molar-refractivity contribution in [3.05, 3.63) is 41.5 Å². The van der Waals surface area contributed by atoms with Crippen LogP contribution >= 0.6 is 0 Å². The minimum Gasteiger partial charge on any atom is -0.373 e. The molecule has 1 amide bonds. The van der Waals surface area contributed by atoms with Crippen LogP contribution in [0.2, 0.25) is 0 Å². The first-order valence-corrected chi connectivity index (χ1v) is 7.87. The van der Waals surface area contributed by atoms with Gasteiger partial charge in [0, 0.05) is 24.1 Å². The van der Waals surface area contributed by atoms with Gasteiger partial charge in [0.25, 0.3) is 0 Å². The maximum atomic E-state index is 12.5. The number of nitrogens with one attached hydrogen (secondary N) is 2. The molecule has 3 rings (SSSR count). The lowest BCUT2D eigenvalue weighted by Gasteiger charge is -2.36. The highest BCUT2D eigenvalue weighted by atomic mass is 16.2. The molecule has 1 aromatic rings. The molecule has 0 bridgehead atoms. The quantitative estimate of drug-likeness (QED) is 0.837. The number of benzene rings is 1. The highest BCUT2D eigenvalue weighted by Crippen LogP contribution is 2.44. The fourth-order valence-electron chi connectivity index (χ4n) is 3.39.